The van der Waals surface area contributed by atoms with E-state index in [4.69, 9.17) is 9.47 Å². The lowest BCUT2D eigenvalue weighted by molar-refractivity contribution is -0.123. The molecule has 0 spiro atoms. The van der Waals surface area contributed by atoms with Gasteiger partial charge in [-0.05, 0) is 54.4 Å². The van der Waals surface area contributed by atoms with Gasteiger partial charge in [0.1, 0.15) is 11.5 Å². The van der Waals surface area contributed by atoms with Gasteiger partial charge in [0, 0.05) is 12.6 Å². The first kappa shape index (κ1) is 23.3. The summed E-state index contributed by atoms with van der Waals surface area (Å²) < 4.78 is 38.5. The third-order valence-electron chi connectivity index (χ3n) is 4.78. The lowest BCUT2D eigenvalue weighted by atomic mass is 10.1. The third-order valence-corrected chi connectivity index (χ3v) is 6.34. The maximum absolute atomic E-state index is 12.6. The Morgan fingerprint density at radius 2 is 1.53 bits per heavy atom. The summed E-state index contributed by atoms with van der Waals surface area (Å²) in [6.07, 6.45) is 0. The van der Waals surface area contributed by atoms with Gasteiger partial charge in [0.25, 0.3) is 5.91 Å². The summed E-state index contributed by atoms with van der Waals surface area (Å²) in [5, 5.41) is 2.77. The molecular weight excluding hydrogens is 428 g/mol. The minimum atomic E-state index is -3.69. The minimum absolute atomic E-state index is 0.122. The van der Waals surface area contributed by atoms with Gasteiger partial charge in [0.2, 0.25) is 10.0 Å². The Balaban J connectivity index is 1.49. The van der Waals surface area contributed by atoms with Gasteiger partial charge in [-0.3, -0.25) is 4.79 Å². The summed E-state index contributed by atoms with van der Waals surface area (Å²) >= 11 is 0. The zero-order valence-corrected chi connectivity index (χ0v) is 18.8. The summed E-state index contributed by atoms with van der Waals surface area (Å²) in [7, 11) is -2.10. The van der Waals surface area contributed by atoms with E-state index < -0.39 is 10.0 Å². The number of amides is 1. The predicted octanol–water partition coefficient (Wildman–Crippen LogP) is 3.43. The fourth-order valence-corrected chi connectivity index (χ4v) is 4.20. The van der Waals surface area contributed by atoms with Crippen LogP contribution in [0.5, 0.6) is 11.5 Å². The molecule has 0 bridgehead atoms. The third kappa shape index (κ3) is 6.57. The van der Waals surface area contributed by atoms with Gasteiger partial charge in [-0.2, -0.15) is 0 Å². The van der Waals surface area contributed by atoms with Gasteiger partial charge in [0.05, 0.1) is 12.0 Å². The van der Waals surface area contributed by atoms with Crippen molar-refractivity contribution in [3.8, 4) is 11.5 Å². The molecule has 1 unspecified atom stereocenters. The van der Waals surface area contributed by atoms with Crippen molar-refractivity contribution < 1.29 is 22.7 Å². The first-order valence-corrected chi connectivity index (χ1v) is 11.6. The van der Waals surface area contributed by atoms with Gasteiger partial charge < -0.3 is 14.8 Å². The number of benzene rings is 3. The van der Waals surface area contributed by atoms with Crippen molar-refractivity contribution in [3.05, 3.63) is 90.0 Å². The first-order chi connectivity index (χ1) is 15.4. The summed E-state index contributed by atoms with van der Waals surface area (Å²) in [5.74, 6) is 0.870. The van der Waals surface area contributed by atoms with Crippen LogP contribution in [0.15, 0.2) is 83.8 Å². The van der Waals surface area contributed by atoms with Crippen molar-refractivity contribution in [1.29, 1.82) is 0 Å². The topological polar surface area (TPSA) is 93.7 Å². The van der Waals surface area contributed by atoms with Gasteiger partial charge in [-0.25, -0.2) is 13.1 Å². The fourth-order valence-electron chi connectivity index (χ4n) is 2.97. The van der Waals surface area contributed by atoms with E-state index in [1.165, 1.54) is 24.3 Å². The van der Waals surface area contributed by atoms with Crippen LogP contribution in [0.1, 0.15) is 24.1 Å². The van der Waals surface area contributed by atoms with Crippen molar-refractivity contribution in [2.45, 2.75) is 24.4 Å². The van der Waals surface area contributed by atoms with Gasteiger partial charge >= 0.3 is 0 Å². The highest BCUT2D eigenvalue weighted by molar-refractivity contribution is 7.89. The second-order valence-corrected chi connectivity index (χ2v) is 8.85. The normalized spacial score (nSPS) is 12.1. The van der Waals surface area contributed by atoms with Crippen molar-refractivity contribution in [2.24, 2.45) is 0 Å². The van der Waals surface area contributed by atoms with E-state index in [2.05, 4.69) is 10.0 Å². The van der Waals surface area contributed by atoms with Crippen molar-refractivity contribution in [3.63, 3.8) is 0 Å². The fraction of sp³-hybridized carbons (Fsp3) is 0.208. The molecule has 3 aromatic carbocycles. The zero-order valence-electron chi connectivity index (χ0n) is 17.9. The number of rotatable bonds is 10. The Hall–Kier alpha value is -3.36. The van der Waals surface area contributed by atoms with Gasteiger partial charge in [-0.15, -0.1) is 0 Å². The van der Waals surface area contributed by atoms with Crippen LogP contribution in [-0.4, -0.2) is 28.0 Å². The molecule has 0 aliphatic heterocycles. The van der Waals surface area contributed by atoms with E-state index >= 15 is 0 Å². The Labute approximate surface area is 188 Å². The van der Waals surface area contributed by atoms with E-state index in [0.717, 1.165) is 16.9 Å². The quantitative estimate of drug-likeness (QED) is 0.490. The smallest absolute Gasteiger partial charge is 0.258 e. The van der Waals surface area contributed by atoms with Crippen LogP contribution in [0.25, 0.3) is 0 Å². The predicted molar refractivity (Wildman–Crippen MR) is 122 cm³/mol. The van der Waals surface area contributed by atoms with Crippen LogP contribution in [0, 0.1) is 0 Å². The van der Waals surface area contributed by atoms with Crippen LogP contribution in [0.4, 0.5) is 0 Å². The number of nitrogens with one attached hydrogen (secondary N) is 2. The summed E-state index contributed by atoms with van der Waals surface area (Å²) in [6.45, 7) is 1.98. The molecule has 7 nitrogen and oxygen atoms in total. The summed E-state index contributed by atoms with van der Waals surface area (Å²) in [4.78, 5) is 12.2. The largest absolute Gasteiger partial charge is 0.497 e. The zero-order chi connectivity index (χ0) is 23.0. The van der Waals surface area contributed by atoms with E-state index in [1.54, 1.807) is 14.0 Å². The molecule has 0 saturated heterocycles. The molecule has 2 N–H and O–H groups in total. The molecule has 3 aromatic rings. The van der Waals surface area contributed by atoms with E-state index in [0.29, 0.717) is 12.3 Å². The molecule has 0 radical (unpaired) electrons. The van der Waals surface area contributed by atoms with Crippen LogP contribution in [-0.2, 0) is 21.4 Å². The van der Waals surface area contributed by atoms with Crippen LogP contribution < -0.4 is 19.5 Å². The molecule has 168 valence electrons. The molecule has 0 aliphatic rings. The monoisotopic (exact) mass is 454 g/mol. The van der Waals surface area contributed by atoms with Crippen molar-refractivity contribution in [1.82, 2.24) is 10.0 Å². The van der Waals surface area contributed by atoms with E-state index in [1.807, 2.05) is 54.6 Å². The van der Waals surface area contributed by atoms with Crippen molar-refractivity contribution in [2.75, 3.05) is 13.7 Å². The number of hydrogen-bond acceptors (Lipinski definition) is 5. The maximum atomic E-state index is 12.6. The molecule has 8 heteroatoms. The number of sulfonamides is 1. The molecule has 0 aromatic heterocycles. The average molecular weight is 455 g/mol. The second-order valence-electron chi connectivity index (χ2n) is 7.14. The lowest BCUT2D eigenvalue weighted by Gasteiger charge is -2.15. The van der Waals surface area contributed by atoms with E-state index in [-0.39, 0.29) is 23.5 Å². The van der Waals surface area contributed by atoms with Crippen LogP contribution in [0.3, 0.4) is 0 Å². The SMILES string of the molecule is COc1ccc(CNC(=O)COc2ccc(S(=O)(=O)NC(C)c3ccccc3)cc2)cc1. The molecule has 1 amide bonds. The lowest BCUT2D eigenvalue weighted by Crippen LogP contribution is -2.28. The van der Waals surface area contributed by atoms with Gasteiger partial charge in [-0.1, -0.05) is 42.5 Å². The average Bonchev–Trinajstić information content (AvgIpc) is 2.82. The van der Waals surface area contributed by atoms with Crippen LogP contribution >= 0.6 is 0 Å². The van der Waals surface area contributed by atoms with Gasteiger partial charge in [0.15, 0.2) is 6.61 Å². The second kappa shape index (κ2) is 10.8. The highest BCUT2D eigenvalue weighted by Crippen LogP contribution is 2.19. The number of hydrogen-bond donors (Lipinski definition) is 2. The first-order valence-electron chi connectivity index (χ1n) is 10.1. The number of ether oxygens (including phenoxy) is 2. The Morgan fingerprint density at radius 1 is 0.906 bits per heavy atom. The minimum Gasteiger partial charge on any atom is -0.497 e. The van der Waals surface area contributed by atoms with Crippen molar-refractivity contribution >= 4 is 15.9 Å². The molecule has 0 heterocycles. The standard InChI is InChI=1S/C24H26N2O5S/c1-18(20-6-4-3-5-7-20)26-32(28,29)23-14-12-22(13-15-23)31-17-24(27)25-16-19-8-10-21(30-2)11-9-19/h3-15,18,26H,16-17H2,1-2H3,(H,25,27). The molecule has 32 heavy (non-hydrogen) atoms. The number of carbonyl (C=O) groups excluding carboxylic acids is 1. The molecule has 3 rings (SSSR count). The Morgan fingerprint density at radius 3 is 2.16 bits per heavy atom. The van der Waals surface area contributed by atoms with E-state index in [9.17, 15) is 13.2 Å². The highest BCUT2D eigenvalue weighted by Gasteiger charge is 2.18. The Kier molecular flexibility index (Phi) is 7.86. The van der Waals surface area contributed by atoms with Crippen LogP contribution in [0.2, 0.25) is 0 Å². The number of methoxy groups -OCH3 is 1. The Bertz CT molecular complexity index is 1120. The molecule has 0 fully saturated rings. The highest BCUT2D eigenvalue weighted by atomic mass is 32.2. The molecule has 1 atom stereocenters. The number of carbonyl (C=O) groups is 1. The maximum Gasteiger partial charge on any atom is 0.258 e. The summed E-state index contributed by atoms with van der Waals surface area (Å²) in [5.41, 5.74) is 1.81. The summed E-state index contributed by atoms with van der Waals surface area (Å²) in [6, 6.07) is 22.3. The molecule has 0 saturated carbocycles. The molecular formula is C24H26N2O5S. The molecule has 0 aliphatic carbocycles.